The average Bonchev–Trinajstić information content (AvgIpc) is 2.64. The molecule has 1 aromatic heterocycles. The van der Waals surface area contributed by atoms with E-state index in [4.69, 9.17) is 18.6 Å². The maximum absolute atomic E-state index is 13.2. The SMILES string of the molecule is CCc1oc2cccc(OC)c2c(=O)c1C(C)(C(=O)OC)C(=O)OC. The highest BCUT2D eigenvalue weighted by molar-refractivity contribution is 6.06. The van der Waals surface area contributed by atoms with Crippen LogP contribution in [0.1, 0.15) is 25.2 Å². The van der Waals surface area contributed by atoms with E-state index in [1.165, 1.54) is 14.0 Å². The predicted molar refractivity (Wildman–Crippen MR) is 89.8 cm³/mol. The number of hydrogen-bond donors (Lipinski definition) is 0. The Balaban J connectivity index is 3.01. The van der Waals surface area contributed by atoms with Crippen molar-refractivity contribution in [3.63, 3.8) is 0 Å². The molecule has 0 saturated carbocycles. The van der Waals surface area contributed by atoms with E-state index in [1.54, 1.807) is 25.1 Å². The smallest absolute Gasteiger partial charge is 0.327 e. The van der Waals surface area contributed by atoms with Crippen LogP contribution in [0.3, 0.4) is 0 Å². The lowest BCUT2D eigenvalue weighted by Crippen LogP contribution is -2.46. The molecule has 0 aliphatic carbocycles. The lowest BCUT2D eigenvalue weighted by Gasteiger charge is -2.25. The highest BCUT2D eigenvalue weighted by atomic mass is 16.5. The largest absolute Gasteiger partial charge is 0.496 e. The summed E-state index contributed by atoms with van der Waals surface area (Å²) in [7, 11) is 3.69. The molecule has 1 aromatic carbocycles. The fourth-order valence-corrected chi connectivity index (χ4v) is 2.88. The number of esters is 2. The number of rotatable bonds is 5. The first-order valence-electron chi connectivity index (χ1n) is 7.66. The van der Waals surface area contributed by atoms with Crippen molar-refractivity contribution >= 4 is 22.9 Å². The number of ether oxygens (including phenoxy) is 3. The molecular weight excluding hydrogens is 328 g/mol. The highest BCUT2D eigenvalue weighted by Crippen LogP contribution is 2.32. The standard InChI is InChI=1S/C18H20O7/c1-6-10-14(18(2,16(20)23-4)17(21)24-5)15(19)13-11(22-3)8-7-9-12(13)25-10/h7-9H,6H2,1-5H3. The van der Waals surface area contributed by atoms with Crippen molar-refractivity contribution in [3.05, 3.63) is 39.7 Å². The van der Waals surface area contributed by atoms with Crippen LogP contribution in [0.2, 0.25) is 0 Å². The van der Waals surface area contributed by atoms with E-state index in [9.17, 15) is 14.4 Å². The van der Waals surface area contributed by atoms with Crippen molar-refractivity contribution in [2.45, 2.75) is 25.7 Å². The normalized spacial score (nSPS) is 11.2. The number of methoxy groups -OCH3 is 3. The summed E-state index contributed by atoms with van der Waals surface area (Å²) in [6.45, 7) is 3.04. The Morgan fingerprint density at radius 3 is 2.20 bits per heavy atom. The molecule has 134 valence electrons. The average molecular weight is 348 g/mol. The van der Waals surface area contributed by atoms with E-state index < -0.39 is 22.8 Å². The van der Waals surface area contributed by atoms with E-state index in [1.807, 2.05) is 0 Å². The first-order chi connectivity index (χ1) is 11.9. The first-order valence-corrected chi connectivity index (χ1v) is 7.66. The molecule has 0 amide bonds. The highest BCUT2D eigenvalue weighted by Gasteiger charge is 2.49. The second-order valence-corrected chi connectivity index (χ2v) is 5.52. The number of aryl methyl sites for hydroxylation is 1. The third kappa shape index (κ3) is 2.75. The third-order valence-electron chi connectivity index (χ3n) is 4.18. The molecule has 0 fully saturated rings. The van der Waals surface area contributed by atoms with Gasteiger partial charge in [0.2, 0.25) is 5.43 Å². The predicted octanol–water partition coefficient (Wildman–Crippen LogP) is 1.97. The van der Waals surface area contributed by atoms with Crippen LogP contribution < -0.4 is 10.2 Å². The van der Waals surface area contributed by atoms with Crippen molar-refractivity contribution in [2.75, 3.05) is 21.3 Å². The van der Waals surface area contributed by atoms with Crippen LogP contribution in [-0.2, 0) is 30.9 Å². The summed E-state index contributed by atoms with van der Waals surface area (Å²) < 4.78 is 20.6. The minimum atomic E-state index is -1.95. The molecule has 2 aromatic rings. The lowest BCUT2D eigenvalue weighted by atomic mass is 9.80. The zero-order valence-electron chi connectivity index (χ0n) is 14.8. The van der Waals surface area contributed by atoms with Gasteiger partial charge in [0.25, 0.3) is 0 Å². The number of carbonyl (C=O) groups is 2. The van der Waals surface area contributed by atoms with Crippen LogP contribution in [0.4, 0.5) is 0 Å². The van der Waals surface area contributed by atoms with Crippen molar-refractivity contribution in [1.82, 2.24) is 0 Å². The zero-order valence-corrected chi connectivity index (χ0v) is 14.8. The Morgan fingerprint density at radius 2 is 1.72 bits per heavy atom. The van der Waals surface area contributed by atoms with Gasteiger partial charge in [-0.25, -0.2) is 0 Å². The molecule has 7 nitrogen and oxygen atoms in total. The van der Waals surface area contributed by atoms with Gasteiger partial charge >= 0.3 is 11.9 Å². The van der Waals surface area contributed by atoms with Gasteiger partial charge in [-0.1, -0.05) is 13.0 Å². The molecule has 0 unspecified atom stereocenters. The topological polar surface area (TPSA) is 92.0 Å². The molecule has 0 aliphatic rings. The van der Waals surface area contributed by atoms with Crippen LogP contribution in [0.15, 0.2) is 27.4 Å². The zero-order chi connectivity index (χ0) is 18.8. The summed E-state index contributed by atoms with van der Waals surface area (Å²) in [4.78, 5) is 38.0. The van der Waals surface area contributed by atoms with Crippen LogP contribution >= 0.6 is 0 Å². The monoisotopic (exact) mass is 348 g/mol. The Morgan fingerprint density at radius 1 is 1.12 bits per heavy atom. The summed E-state index contributed by atoms with van der Waals surface area (Å²) in [5.41, 5.74) is -2.29. The van der Waals surface area contributed by atoms with Gasteiger partial charge in [0.1, 0.15) is 22.5 Å². The second-order valence-electron chi connectivity index (χ2n) is 5.52. The first kappa shape index (κ1) is 18.5. The Labute approximate surface area is 144 Å². The van der Waals surface area contributed by atoms with E-state index in [-0.39, 0.29) is 22.5 Å². The van der Waals surface area contributed by atoms with Crippen LogP contribution in [-0.4, -0.2) is 33.3 Å². The lowest BCUT2D eigenvalue weighted by molar-refractivity contribution is -0.161. The molecule has 0 atom stereocenters. The molecule has 0 saturated heterocycles. The van der Waals surface area contributed by atoms with Crippen molar-refractivity contribution in [3.8, 4) is 5.75 Å². The van der Waals surface area contributed by atoms with E-state index in [0.29, 0.717) is 12.0 Å². The maximum atomic E-state index is 13.2. The third-order valence-corrected chi connectivity index (χ3v) is 4.18. The minimum absolute atomic E-state index is 0.106. The summed E-state index contributed by atoms with van der Waals surface area (Å²) in [5.74, 6) is -1.32. The Bertz CT molecular complexity index is 863. The summed E-state index contributed by atoms with van der Waals surface area (Å²) in [6, 6.07) is 4.90. The van der Waals surface area contributed by atoms with E-state index in [2.05, 4.69) is 0 Å². The summed E-state index contributed by atoms with van der Waals surface area (Å²) in [5, 5.41) is 0.149. The summed E-state index contributed by atoms with van der Waals surface area (Å²) >= 11 is 0. The Hall–Kier alpha value is -2.83. The molecule has 1 heterocycles. The molecule has 0 N–H and O–H groups in total. The van der Waals surface area contributed by atoms with Crippen molar-refractivity contribution in [2.24, 2.45) is 0 Å². The van der Waals surface area contributed by atoms with Gasteiger partial charge in [-0.3, -0.25) is 14.4 Å². The fraction of sp³-hybridized carbons (Fsp3) is 0.389. The maximum Gasteiger partial charge on any atom is 0.327 e. The number of hydrogen-bond acceptors (Lipinski definition) is 7. The van der Waals surface area contributed by atoms with Gasteiger partial charge in [-0.2, -0.15) is 0 Å². The molecule has 0 spiro atoms. The van der Waals surface area contributed by atoms with Gasteiger partial charge in [0.05, 0.1) is 26.9 Å². The number of benzene rings is 1. The summed E-state index contributed by atoms with van der Waals surface area (Å²) in [6.07, 6.45) is 0.293. The van der Waals surface area contributed by atoms with Crippen LogP contribution in [0, 0.1) is 0 Å². The number of fused-ring (bicyclic) bond motifs is 1. The minimum Gasteiger partial charge on any atom is -0.496 e. The second kappa shape index (κ2) is 6.96. The molecule has 0 aliphatic heterocycles. The van der Waals surface area contributed by atoms with Crippen LogP contribution in [0.25, 0.3) is 11.0 Å². The van der Waals surface area contributed by atoms with E-state index >= 15 is 0 Å². The molecule has 0 radical (unpaired) electrons. The molecular formula is C18H20O7. The molecule has 0 bridgehead atoms. The molecule has 25 heavy (non-hydrogen) atoms. The van der Waals surface area contributed by atoms with Gasteiger partial charge in [0.15, 0.2) is 5.41 Å². The quantitative estimate of drug-likeness (QED) is 0.602. The Kier molecular flexibility index (Phi) is 5.15. The number of carbonyl (C=O) groups excluding carboxylic acids is 2. The molecule has 7 heteroatoms. The van der Waals surface area contributed by atoms with Gasteiger partial charge in [0, 0.05) is 6.42 Å². The van der Waals surface area contributed by atoms with Gasteiger partial charge < -0.3 is 18.6 Å². The van der Waals surface area contributed by atoms with E-state index in [0.717, 1.165) is 14.2 Å². The van der Waals surface area contributed by atoms with Gasteiger partial charge in [-0.15, -0.1) is 0 Å². The van der Waals surface area contributed by atoms with Gasteiger partial charge in [-0.05, 0) is 19.1 Å². The fourth-order valence-electron chi connectivity index (χ4n) is 2.88. The van der Waals surface area contributed by atoms with Crippen LogP contribution in [0.5, 0.6) is 5.75 Å². The molecule has 2 rings (SSSR count). The van der Waals surface area contributed by atoms with Crippen molar-refractivity contribution in [1.29, 1.82) is 0 Å². The van der Waals surface area contributed by atoms with Crippen molar-refractivity contribution < 1.29 is 28.2 Å².